The molecule has 0 N–H and O–H groups in total. The summed E-state index contributed by atoms with van der Waals surface area (Å²) in [6, 6.07) is 11.9. The minimum absolute atomic E-state index is 0.0918. The summed E-state index contributed by atoms with van der Waals surface area (Å²) >= 11 is 1.73. The summed E-state index contributed by atoms with van der Waals surface area (Å²) in [5.74, 6) is 1.54. The van der Waals surface area contributed by atoms with Gasteiger partial charge in [-0.15, -0.1) is 11.8 Å². The number of rotatable bonds is 5. The van der Waals surface area contributed by atoms with Gasteiger partial charge in [-0.05, 0) is 41.8 Å². The molecule has 2 aromatic carbocycles. The lowest BCUT2D eigenvalue weighted by molar-refractivity contribution is 0.0731. The average molecular weight is 372 g/mol. The molecule has 2 aromatic rings. The Hall–Kier alpha value is -2.14. The number of nitrogens with zero attached hydrogens (tertiary/aromatic N) is 1. The second-order valence-electron chi connectivity index (χ2n) is 6.62. The summed E-state index contributed by atoms with van der Waals surface area (Å²) < 4.78 is 10.8. The molecule has 1 heterocycles. The van der Waals surface area contributed by atoms with Gasteiger partial charge in [0.1, 0.15) is 0 Å². The molecule has 1 amide bonds. The molecule has 26 heavy (non-hydrogen) atoms. The van der Waals surface area contributed by atoms with E-state index in [1.165, 1.54) is 5.56 Å². The molecule has 3 rings (SSSR count). The van der Waals surface area contributed by atoms with Gasteiger partial charge in [-0.3, -0.25) is 4.79 Å². The van der Waals surface area contributed by atoms with E-state index in [9.17, 15) is 4.79 Å². The van der Waals surface area contributed by atoms with Crippen LogP contribution in [0.15, 0.2) is 41.3 Å². The van der Waals surface area contributed by atoms with Crippen molar-refractivity contribution < 1.29 is 14.3 Å². The fourth-order valence-corrected chi connectivity index (χ4v) is 4.17. The van der Waals surface area contributed by atoms with Crippen LogP contribution in [0, 0.1) is 0 Å². The highest BCUT2D eigenvalue weighted by atomic mass is 32.2. The van der Waals surface area contributed by atoms with Gasteiger partial charge >= 0.3 is 0 Å². The lowest BCUT2D eigenvalue weighted by atomic mass is 9.98. The summed E-state index contributed by atoms with van der Waals surface area (Å²) in [7, 11) is 3.28. The van der Waals surface area contributed by atoms with Crippen molar-refractivity contribution in [2.24, 2.45) is 0 Å². The van der Waals surface area contributed by atoms with Crippen LogP contribution in [0.3, 0.4) is 0 Å². The number of benzene rings is 2. The Morgan fingerprint density at radius 1 is 1.08 bits per heavy atom. The lowest BCUT2D eigenvalue weighted by Crippen LogP contribution is -2.36. The molecule has 0 bridgehead atoms. The highest BCUT2D eigenvalue weighted by molar-refractivity contribution is 8.00. The first-order valence-electron chi connectivity index (χ1n) is 8.82. The summed E-state index contributed by atoms with van der Waals surface area (Å²) in [5.41, 5.74) is 3.13. The van der Waals surface area contributed by atoms with Gasteiger partial charge in [-0.2, -0.15) is 0 Å². The van der Waals surface area contributed by atoms with Crippen molar-refractivity contribution >= 4 is 17.7 Å². The summed E-state index contributed by atoms with van der Waals surface area (Å²) in [6.07, 6.45) is 0.820. The zero-order chi connectivity index (χ0) is 18.7. The number of hydrogen-bond donors (Lipinski definition) is 0. The van der Waals surface area contributed by atoms with Crippen molar-refractivity contribution in [3.63, 3.8) is 0 Å². The van der Waals surface area contributed by atoms with Crippen LogP contribution in [0.2, 0.25) is 0 Å². The van der Waals surface area contributed by atoms with Crippen molar-refractivity contribution in [1.82, 2.24) is 4.90 Å². The Morgan fingerprint density at radius 2 is 1.73 bits per heavy atom. The third-order valence-corrected chi connectivity index (χ3v) is 5.57. The second-order valence-corrected chi connectivity index (χ2v) is 8.23. The van der Waals surface area contributed by atoms with Gasteiger partial charge in [-0.1, -0.05) is 26.0 Å². The van der Waals surface area contributed by atoms with Crippen LogP contribution in [0.25, 0.3) is 0 Å². The minimum atomic E-state index is 0.0918. The van der Waals surface area contributed by atoms with Crippen LogP contribution < -0.4 is 9.47 Å². The lowest BCUT2D eigenvalue weighted by Gasteiger charge is -2.30. The highest BCUT2D eigenvalue weighted by Gasteiger charge is 2.25. The molecule has 1 aliphatic heterocycles. The van der Waals surface area contributed by atoms with Gasteiger partial charge in [-0.25, -0.2) is 0 Å². The van der Waals surface area contributed by atoms with Crippen LogP contribution in [-0.2, 0) is 13.0 Å². The third kappa shape index (κ3) is 3.83. The zero-order valence-corrected chi connectivity index (χ0v) is 16.6. The number of fused-ring (bicyclic) bond motifs is 1. The van der Waals surface area contributed by atoms with Gasteiger partial charge in [0.25, 0.3) is 5.91 Å². The normalized spacial score (nSPS) is 13.5. The van der Waals surface area contributed by atoms with E-state index in [-0.39, 0.29) is 5.91 Å². The first-order valence-corrected chi connectivity index (χ1v) is 9.70. The van der Waals surface area contributed by atoms with E-state index in [1.807, 2.05) is 41.3 Å². The number of amides is 1. The van der Waals surface area contributed by atoms with Crippen LogP contribution in [0.4, 0.5) is 0 Å². The molecular weight excluding hydrogens is 346 g/mol. The molecule has 0 fully saturated rings. The molecular formula is C21H25NO3S. The Kier molecular flexibility index (Phi) is 5.77. The SMILES string of the molecule is COc1cc2c(cc1OC)CN(C(=O)c1ccccc1SC(C)C)CC2. The van der Waals surface area contributed by atoms with Crippen molar-refractivity contribution in [3.05, 3.63) is 53.1 Å². The molecule has 0 unspecified atom stereocenters. The monoisotopic (exact) mass is 371 g/mol. The smallest absolute Gasteiger partial charge is 0.255 e. The minimum Gasteiger partial charge on any atom is -0.493 e. The van der Waals surface area contributed by atoms with E-state index in [0.29, 0.717) is 24.1 Å². The van der Waals surface area contributed by atoms with Crippen molar-refractivity contribution in [2.45, 2.75) is 37.0 Å². The van der Waals surface area contributed by atoms with Crippen LogP contribution in [-0.4, -0.2) is 36.8 Å². The van der Waals surface area contributed by atoms with E-state index < -0.39 is 0 Å². The molecule has 5 heteroatoms. The maximum absolute atomic E-state index is 13.1. The molecule has 4 nitrogen and oxygen atoms in total. The van der Waals surface area contributed by atoms with Crippen LogP contribution >= 0.6 is 11.8 Å². The predicted molar refractivity (Wildman–Crippen MR) is 105 cm³/mol. The Balaban J connectivity index is 1.86. The van der Waals surface area contributed by atoms with E-state index in [4.69, 9.17) is 9.47 Å². The molecule has 138 valence electrons. The Labute approximate surface area is 159 Å². The van der Waals surface area contributed by atoms with Crippen molar-refractivity contribution in [2.75, 3.05) is 20.8 Å². The summed E-state index contributed by atoms with van der Waals surface area (Å²) in [4.78, 5) is 16.1. The average Bonchev–Trinajstić information content (AvgIpc) is 2.65. The number of carbonyl (C=O) groups excluding carboxylic acids is 1. The maximum atomic E-state index is 13.1. The van der Waals surface area contributed by atoms with Gasteiger partial charge < -0.3 is 14.4 Å². The standard InChI is InChI=1S/C21H25NO3S/c1-14(2)26-20-8-6-5-7-17(20)21(23)22-10-9-15-11-18(24-3)19(25-4)12-16(15)13-22/h5-8,11-12,14H,9-10,13H2,1-4H3. The molecule has 0 saturated heterocycles. The van der Waals surface area contributed by atoms with Gasteiger partial charge in [0.05, 0.1) is 19.8 Å². The van der Waals surface area contributed by atoms with Gasteiger partial charge in [0, 0.05) is 23.2 Å². The number of hydrogen-bond acceptors (Lipinski definition) is 4. The summed E-state index contributed by atoms with van der Waals surface area (Å²) in [5, 5.41) is 0.433. The van der Waals surface area contributed by atoms with Crippen molar-refractivity contribution in [1.29, 1.82) is 0 Å². The fourth-order valence-electron chi connectivity index (χ4n) is 3.23. The Bertz CT molecular complexity index is 804. The maximum Gasteiger partial charge on any atom is 0.255 e. The second kappa shape index (κ2) is 8.04. The molecule has 0 aliphatic carbocycles. The molecule has 0 atom stereocenters. The molecule has 0 spiro atoms. The number of thioether (sulfide) groups is 1. The fraction of sp³-hybridized carbons (Fsp3) is 0.381. The Morgan fingerprint density at radius 3 is 2.38 bits per heavy atom. The van der Waals surface area contributed by atoms with Gasteiger partial charge in [0.2, 0.25) is 0 Å². The number of methoxy groups -OCH3 is 2. The third-order valence-electron chi connectivity index (χ3n) is 4.49. The zero-order valence-electron chi connectivity index (χ0n) is 15.7. The predicted octanol–water partition coefficient (Wildman–Crippen LogP) is 4.40. The van der Waals surface area contributed by atoms with Crippen LogP contribution in [0.5, 0.6) is 11.5 Å². The first kappa shape index (κ1) is 18.6. The summed E-state index contributed by atoms with van der Waals surface area (Å²) in [6.45, 7) is 5.59. The van der Waals surface area contributed by atoms with E-state index in [1.54, 1.807) is 26.0 Å². The molecule has 1 aliphatic rings. The highest BCUT2D eigenvalue weighted by Crippen LogP contribution is 2.34. The van der Waals surface area contributed by atoms with E-state index in [2.05, 4.69) is 13.8 Å². The largest absolute Gasteiger partial charge is 0.493 e. The first-order chi connectivity index (χ1) is 12.5. The van der Waals surface area contributed by atoms with E-state index >= 15 is 0 Å². The van der Waals surface area contributed by atoms with Gasteiger partial charge in [0.15, 0.2) is 11.5 Å². The van der Waals surface area contributed by atoms with E-state index in [0.717, 1.165) is 28.2 Å². The molecule has 0 saturated carbocycles. The molecule has 0 aromatic heterocycles. The van der Waals surface area contributed by atoms with Crippen molar-refractivity contribution in [3.8, 4) is 11.5 Å². The van der Waals surface area contributed by atoms with Crippen LogP contribution in [0.1, 0.15) is 35.3 Å². The topological polar surface area (TPSA) is 38.8 Å². The quantitative estimate of drug-likeness (QED) is 0.730. The number of ether oxygens (including phenoxy) is 2. The number of carbonyl (C=O) groups is 1. The molecule has 0 radical (unpaired) electrons.